The van der Waals surface area contributed by atoms with Gasteiger partial charge in [0, 0.05) is 11.5 Å². The first-order chi connectivity index (χ1) is 7.83. The van der Waals surface area contributed by atoms with Gasteiger partial charge in [0.05, 0.1) is 11.5 Å². The molecule has 0 bridgehead atoms. The topological polar surface area (TPSA) is 58.4 Å². The summed E-state index contributed by atoms with van der Waals surface area (Å²) < 4.78 is 0. The second-order valence-electron chi connectivity index (χ2n) is 5.42. The van der Waals surface area contributed by atoms with Crippen molar-refractivity contribution in [1.29, 1.82) is 0 Å². The molecule has 0 aromatic carbocycles. The Hall–Kier alpha value is -0.680. The third kappa shape index (κ3) is 4.24. The maximum atomic E-state index is 11.6. The van der Waals surface area contributed by atoms with Gasteiger partial charge in [0.2, 0.25) is 5.91 Å². The molecule has 1 aliphatic rings. The van der Waals surface area contributed by atoms with Crippen molar-refractivity contribution in [2.45, 2.75) is 39.7 Å². The summed E-state index contributed by atoms with van der Waals surface area (Å²) in [5.41, 5.74) is 5.72. The van der Waals surface area contributed by atoms with E-state index in [4.69, 9.17) is 18.0 Å². The van der Waals surface area contributed by atoms with Gasteiger partial charge < -0.3 is 11.1 Å². The van der Waals surface area contributed by atoms with Crippen LogP contribution in [0.1, 0.15) is 33.6 Å². The Labute approximate surface area is 109 Å². The average molecular weight is 257 g/mol. The molecule has 1 heterocycles. The summed E-state index contributed by atoms with van der Waals surface area (Å²) in [6, 6.07) is 0.203. The number of nitrogens with one attached hydrogen (secondary N) is 1. The van der Waals surface area contributed by atoms with Gasteiger partial charge in [0.25, 0.3) is 0 Å². The average Bonchev–Trinajstić information content (AvgIpc) is 2.20. The number of amides is 1. The van der Waals surface area contributed by atoms with E-state index in [2.05, 4.69) is 17.1 Å². The Morgan fingerprint density at radius 2 is 2.00 bits per heavy atom. The summed E-state index contributed by atoms with van der Waals surface area (Å²) in [6.45, 7) is 8.31. The van der Waals surface area contributed by atoms with Gasteiger partial charge in [-0.15, -0.1) is 0 Å². The summed E-state index contributed by atoms with van der Waals surface area (Å²) in [5, 5.41) is 2.90. The second-order valence-corrected chi connectivity index (χ2v) is 5.86. The number of nitrogens with two attached hydrogens (primary N) is 1. The van der Waals surface area contributed by atoms with E-state index in [0.717, 1.165) is 25.9 Å². The fraction of sp³-hybridized carbons (Fsp3) is 0.833. The van der Waals surface area contributed by atoms with Gasteiger partial charge in [-0.25, -0.2) is 0 Å². The number of hydrogen-bond acceptors (Lipinski definition) is 3. The molecule has 98 valence electrons. The lowest BCUT2D eigenvalue weighted by Crippen LogP contribution is -2.48. The molecule has 0 spiro atoms. The smallest absolute Gasteiger partial charge is 0.234 e. The highest BCUT2D eigenvalue weighted by Crippen LogP contribution is 2.30. The molecular weight excluding hydrogens is 234 g/mol. The first-order valence-corrected chi connectivity index (χ1v) is 6.56. The van der Waals surface area contributed by atoms with Crippen molar-refractivity contribution in [3.63, 3.8) is 0 Å². The number of carbonyl (C=O) groups excluding carboxylic acids is 1. The van der Waals surface area contributed by atoms with Crippen LogP contribution >= 0.6 is 12.2 Å². The lowest BCUT2D eigenvalue weighted by molar-refractivity contribution is -0.123. The maximum Gasteiger partial charge on any atom is 0.234 e. The van der Waals surface area contributed by atoms with Crippen LogP contribution in [0.5, 0.6) is 0 Å². The van der Waals surface area contributed by atoms with E-state index in [1.54, 1.807) is 0 Å². The van der Waals surface area contributed by atoms with Crippen molar-refractivity contribution in [2.75, 3.05) is 19.6 Å². The van der Waals surface area contributed by atoms with Gasteiger partial charge in [-0.05, 0) is 39.8 Å². The van der Waals surface area contributed by atoms with Crippen molar-refractivity contribution >= 4 is 23.1 Å². The van der Waals surface area contributed by atoms with Crippen LogP contribution in [-0.2, 0) is 4.79 Å². The molecule has 0 radical (unpaired) electrons. The minimum absolute atomic E-state index is 0.0274. The molecule has 17 heavy (non-hydrogen) atoms. The molecule has 1 rings (SSSR count). The third-order valence-corrected chi connectivity index (χ3v) is 3.86. The molecule has 0 saturated carbocycles. The van der Waals surface area contributed by atoms with E-state index in [1.807, 2.05) is 13.8 Å². The largest absolute Gasteiger partial charge is 0.393 e. The van der Waals surface area contributed by atoms with Crippen LogP contribution in [0.2, 0.25) is 0 Å². The standard InChI is InChI=1S/C12H23N3OS/c1-9(2)14-10(16)8-15-6-4-12(3,5-7-15)11(13)17/h9H,4-8H2,1-3H3,(H2,13,17)(H,14,16). The number of hydrogen-bond donors (Lipinski definition) is 2. The Bertz CT molecular complexity index is 296. The van der Waals surface area contributed by atoms with Gasteiger partial charge in [-0.1, -0.05) is 19.1 Å². The fourth-order valence-corrected chi connectivity index (χ4v) is 2.23. The van der Waals surface area contributed by atoms with Crippen LogP contribution in [0.15, 0.2) is 0 Å². The van der Waals surface area contributed by atoms with Gasteiger partial charge in [0.15, 0.2) is 0 Å². The molecule has 1 fully saturated rings. The van der Waals surface area contributed by atoms with Crippen molar-refractivity contribution in [2.24, 2.45) is 11.1 Å². The van der Waals surface area contributed by atoms with Crippen LogP contribution in [0, 0.1) is 5.41 Å². The molecule has 5 heteroatoms. The predicted octanol–water partition coefficient (Wildman–Crippen LogP) is 0.899. The number of likely N-dealkylation sites (tertiary alicyclic amines) is 1. The zero-order chi connectivity index (χ0) is 13.1. The van der Waals surface area contributed by atoms with E-state index in [1.165, 1.54) is 0 Å². The molecule has 0 atom stereocenters. The van der Waals surface area contributed by atoms with E-state index >= 15 is 0 Å². The van der Waals surface area contributed by atoms with Crippen LogP contribution in [0.25, 0.3) is 0 Å². The second kappa shape index (κ2) is 5.78. The van der Waals surface area contributed by atoms with E-state index in [-0.39, 0.29) is 17.4 Å². The molecule has 0 aromatic heterocycles. The number of carbonyl (C=O) groups is 1. The van der Waals surface area contributed by atoms with Crippen LogP contribution in [0.3, 0.4) is 0 Å². The molecule has 1 amide bonds. The number of rotatable bonds is 4. The van der Waals surface area contributed by atoms with E-state index in [9.17, 15) is 4.79 Å². The van der Waals surface area contributed by atoms with Gasteiger partial charge in [0.1, 0.15) is 0 Å². The Balaban J connectivity index is 2.37. The van der Waals surface area contributed by atoms with Crippen molar-refractivity contribution in [3.8, 4) is 0 Å². The minimum Gasteiger partial charge on any atom is -0.393 e. The predicted molar refractivity (Wildman–Crippen MR) is 73.8 cm³/mol. The molecule has 1 aliphatic heterocycles. The Morgan fingerprint density at radius 3 is 2.41 bits per heavy atom. The van der Waals surface area contributed by atoms with Gasteiger partial charge in [-0.3, -0.25) is 9.69 Å². The van der Waals surface area contributed by atoms with Crippen LogP contribution < -0.4 is 11.1 Å². The molecule has 0 aromatic rings. The van der Waals surface area contributed by atoms with Crippen LogP contribution in [-0.4, -0.2) is 41.5 Å². The quantitative estimate of drug-likeness (QED) is 0.735. The molecule has 0 aliphatic carbocycles. The first-order valence-electron chi connectivity index (χ1n) is 6.15. The Kier molecular flexibility index (Phi) is 4.89. The molecule has 3 N–H and O–H groups in total. The zero-order valence-corrected chi connectivity index (χ0v) is 11.8. The highest BCUT2D eigenvalue weighted by atomic mass is 32.1. The van der Waals surface area contributed by atoms with Gasteiger partial charge in [-0.2, -0.15) is 0 Å². The van der Waals surface area contributed by atoms with Crippen LogP contribution in [0.4, 0.5) is 0 Å². The first kappa shape index (κ1) is 14.4. The third-order valence-electron chi connectivity index (χ3n) is 3.37. The Morgan fingerprint density at radius 1 is 1.47 bits per heavy atom. The molecule has 1 saturated heterocycles. The van der Waals surface area contributed by atoms with Crippen molar-refractivity contribution < 1.29 is 4.79 Å². The zero-order valence-electron chi connectivity index (χ0n) is 11.0. The lowest BCUT2D eigenvalue weighted by Gasteiger charge is -2.38. The normalized spacial score (nSPS) is 20.2. The highest BCUT2D eigenvalue weighted by Gasteiger charge is 2.32. The van der Waals surface area contributed by atoms with Gasteiger partial charge >= 0.3 is 0 Å². The lowest BCUT2D eigenvalue weighted by atomic mass is 9.80. The van der Waals surface area contributed by atoms with Crippen molar-refractivity contribution in [1.82, 2.24) is 10.2 Å². The summed E-state index contributed by atoms with van der Waals surface area (Å²) in [6.07, 6.45) is 1.88. The summed E-state index contributed by atoms with van der Waals surface area (Å²) in [5.74, 6) is 0.0962. The fourth-order valence-electron chi connectivity index (χ4n) is 2.02. The van der Waals surface area contributed by atoms with E-state index < -0.39 is 0 Å². The monoisotopic (exact) mass is 257 g/mol. The number of thiocarbonyl (C=S) groups is 1. The summed E-state index contributed by atoms with van der Waals surface area (Å²) in [7, 11) is 0. The number of piperidine rings is 1. The minimum atomic E-state index is -0.0274. The van der Waals surface area contributed by atoms with Crippen molar-refractivity contribution in [3.05, 3.63) is 0 Å². The molecular formula is C12H23N3OS. The highest BCUT2D eigenvalue weighted by molar-refractivity contribution is 7.80. The summed E-state index contributed by atoms with van der Waals surface area (Å²) in [4.78, 5) is 14.4. The number of nitrogens with zero attached hydrogens (tertiary/aromatic N) is 1. The molecule has 0 unspecified atom stereocenters. The molecule has 4 nitrogen and oxygen atoms in total. The maximum absolute atomic E-state index is 11.6. The summed E-state index contributed by atoms with van der Waals surface area (Å²) >= 11 is 5.09. The van der Waals surface area contributed by atoms with E-state index in [0.29, 0.717) is 11.5 Å². The SMILES string of the molecule is CC(C)NC(=O)CN1CCC(C)(C(N)=S)CC1.